The summed E-state index contributed by atoms with van der Waals surface area (Å²) in [6, 6.07) is 0. The van der Waals surface area contributed by atoms with E-state index in [-0.39, 0.29) is 6.10 Å². The number of hydrogen-bond donors (Lipinski definition) is 3. The zero-order valence-electron chi connectivity index (χ0n) is 12.7. The maximum absolute atomic E-state index is 5.80. The number of ether oxygens (including phenoxy) is 1. The van der Waals surface area contributed by atoms with Crippen LogP contribution in [0.4, 0.5) is 0 Å². The highest BCUT2D eigenvalue weighted by Gasteiger charge is 2.32. The fourth-order valence-electron chi connectivity index (χ4n) is 2.83. The molecule has 0 bridgehead atoms. The smallest absolute Gasteiger partial charge is 0.179 e. The Labute approximate surface area is 123 Å². The maximum atomic E-state index is 5.80. The van der Waals surface area contributed by atoms with Gasteiger partial charge in [-0.3, -0.25) is 10.2 Å². The Balaban J connectivity index is 1.57. The summed E-state index contributed by atoms with van der Waals surface area (Å²) in [6.07, 6.45) is 1.03. The van der Waals surface area contributed by atoms with Crippen molar-refractivity contribution in [3.05, 3.63) is 28.6 Å². The summed E-state index contributed by atoms with van der Waals surface area (Å²) in [5, 5.41) is 17.9. The van der Waals surface area contributed by atoms with Crippen molar-refractivity contribution in [2.24, 2.45) is 5.92 Å². The first kappa shape index (κ1) is 14.2. The molecule has 114 valence electrons. The van der Waals surface area contributed by atoms with Gasteiger partial charge in [0.2, 0.25) is 0 Å². The van der Waals surface area contributed by atoms with Gasteiger partial charge in [-0.2, -0.15) is 10.2 Å². The van der Waals surface area contributed by atoms with Gasteiger partial charge in [0, 0.05) is 36.9 Å². The van der Waals surface area contributed by atoms with Crippen LogP contribution in [0, 0.1) is 26.7 Å². The van der Waals surface area contributed by atoms with E-state index in [1.54, 1.807) is 0 Å². The molecule has 1 saturated heterocycles. The first-order valence-electron chi connectivity index (χ1n) is 7.37. The Morgan fingerprint density at radius 1 is 1.24 bits per heavy atom. The highest BCUT2D eigenvalue weighted by molar-refractivity contribution is 5.22. The fourth-order valence-corrected chi connectivity index (χ4v) is 2.83. The molecule has 0 radical (unpaired) electrons. The van der Waals surface area contributed by atoms with Crippen LogP contribution in [-0.4, -0.2) is 38.5 Å². The summed E-state index contributed by atoms with van der Waals surface area (Å²) >= 11 is 0. The first-order chi connectivity index (χ1) is 10.1. The van der Waals surface area contributed by atoms with E-state index in [1.165, 1.54) is 5.56 Å². The Kier molecular flexibility index (Phi) is 4.03. The van der Waals surface area contributed by atoms with Gasteiger partial charge in [-0.25, -0.2) is 4.98 Å². The molecule has 1 aliphatic rings. The highest BCUT2D eigenvalue weighted by Crippen LogP contribution is 2.32. The second kappa shape index (κ2) is 5.95. The van der Waals surface area contributed by atoms with E-state index >= 15 is 0 Å². The molecule has 1 aliphatic heterocycles. The largest absolute Gasteiger partial charge is 0.370 e. The van der Waals surface area contributed by atoms with Gasteiger partial charge in [0.15, 0.2) is 5.82 Å². The molecular weight excluding hydrogens is 268 g/mol. The third-order valence-corrected chi connectivity index (χ3v) is 4.07. The lowest BCUT2D eigenvalue weighted by Gasteiger charge is -2.16. The molecule has 3 heterocycles. The number of aromatic amines is 2. The topological polar surface area (TPSA) is 91.5 Å². The van der Waals surface area contributed by atoms with E-state index in [0.717, 1.165) is 49.2 Å². The molecule has 2 aromatic heterocycles. The van der Waals surface area contributed by atoms with Crippen LogP contribution in [0.3, 0.4) is 0 Å². The Bertz CT molecular complexity index is 585. The predicted octanol–water partition coefficient (Wildman–Crippen LogP) is 1.32. The number of rotatable bonds is 5. The average molecular weight is 290 g/mol. The SMILES string of the molecule is Cc1nc([C@H]2OCC[C@H]2CNCc2c(C)n[nH]c2C)n[nH]1. The van der Waals surface area contributed by atoms with Crippen molar-refractivity contribution in [3.8, 4) is 0 Å². The first-order valence-corrected chi connectivity index (χ1v) is 7.37. The van der Waals surface area contributed by atoms with E-state index in [2.05, 4.69) is 37.6 Å². The van der Waals surface area contributed by atoms with Crippen molar-refractivity contribution in [3.63, 3.8) is 0 Å². The number of hydrogen-bond acceptors (Lipinski definition) is 5. The Morgan fingerprint density at radius 3 is 2.76 bits per heavy atom. The van der Waals surface area contributed by atoms with Crippen LogP contribution < -0.4 is 5.32 Å². The maximum Gasteiger partial charge on any atom is 0.179 e. The summed E-state index contributed by atoms with van der Waals surface area (Å²) in [7, 11) is 0. The van der Waals surface area contributed by atoms with Gasteiger partial charge >= 0.3 is 0 Å². The predicted molar refractivity (Wildman–Crippen MR) is 77.7 cm³/mol. The minimum absolute atomic E-state index is 0.00556. The third kappa shape index (κ3) is 2.98. The van der Waals surface area contributed by atoms with Crippen LogP contribution in [0.2, 0.25) is 0 Å². The van der Waals surface area contributed by atoms with E-state index in [4.69, 9.17) is 4.74 Å². The molecule has 0 unspecified atom stereocenters. The summed E-state index contributed by atoms with van der Waals surface area (Å²) < 4.78 is 5.80. The van der Waals surface area contributed by atoms with Gasteiger partial charge in [-0.15, -0.1) is 0 Å². The standard InChI is InChI=1S/C14H22N6O/c1-8-12(9(2)18-17-8)7-15-6-11-4-5-21-13(11)14-16-10(3)19-20-14/h11,13,15H,4-7H2,1-3H3,(H,17,18)(H,16,19,20)/t11-,13-/m0/s1. The van der Waals surface area contributed by atoms with E-state index in [1.807, 2.05) is 13.8 Å². The number of nitrogens with one attached hydrogen (secondary N) is 3. The molecule has 0 amide bonds. The molecule has 21 heavy (non-hydrogen) atoms. The average Bonchev–Trinajstić information content (AvgIpc) is 3.15. The van der Waals surface area contributed by atoms with Crippen LogP contribution in [0.15, 0.2) is 0 Å². The summed E-state index contributed by atoms with van der Waals surface area (Å²) in [5.41, 5.74) is 3.44. The second-order valence-electron chi connectivity index (χ2n) is 5.66. The van der Waals surface area contributed by atoms with E-state index < -0.39 is 0 Å². The molecule has 2 aromatic rings. The minimum Gasteiger partial charge on any atom is -0.370 e. The number of nitrogens with zero attached hydrogens (tertiary/aromatic N) is 3. The lowest BCUT2D eigenvalue weighted by molar-refractivity contribution is 0.0835. The molecule has 2 atom stereocenters. The molecule has 0 aliphatic carbocycles. The number of aromatic nitrogens is 5. The van der Waals surface area contributed by atoms with Crippen LogP contribution in [0.5, 0.6) is 0 Å². The van der Waals surface area contributed by atoms with E-state index in [9.17, 15) is 0 Å². The molecule has 1 fully saturated rings. The molecule has 0 saturated carbocycles. The van der Waals surface area contributed by atoms with Crippen molar-refractivity contribution in [1.29, 1.82) is 0 Å². The monoisotopic (exact) mass is 290 g/mol. The molecule has 0 spiro atoms. The van der Waals surface area contributed by atoms with Crippen LogP contribution in [-0.2, 0) is 11.3 Å². The fraction of sp³-hybridized carbons (Fsp3) is 0.643. The zero-order valence-corrected chi connectivity index (χ0v) is 12.7. The van der Waals surface area contributed by atoms with E-state index in [0.29, 0.717) is 5.92 Å². The van der Waals surface area contributed by atoms with Gasteiger partial charge < -0.3 is 10.1 Å². The quantitative estimate of drug-likeness (QED) is 0.772. The Hall–Kier alpha value is -1.73. The molecule has 7 nitrogen and oxygen atoms in total. The van der Waals surface area contributed by atoms with Crippen molar-refractivity contribution >= 4 is 0 Å². The third-order valence-electron chi connectivity index (χ3n) is 4.07. The molecule has 0 aromatic carbocycles. The van der Waals surface area contributed by atoms with Crippen molar-refractivity contribution in [2.45, 2.75) is 39.8 Å². The minimum atomic E-state index is -0.00556. The lowest BCUT2D eigenvalue weighted by Crippen LogP contribution is -2.25. The van der Waals surface area contributed by atoms with Crippen LogP contribution >= 0.6 is 0 Å². The molecule has 3 N–H and O–H groups in total. The number of aryl methyl sites for hydroxylation is 3. The van der Waals surface area contributed by atoms with Gasteiger partial charge in [-0.1, -0.05) is 0 Å². The van der Waals surface area contributed by atoms with Gasteiger partial charge in [-0.05, 0) is 27.2 Å². The molecule has 7 heteroatoms. The van der Waals surface area contributed by atoms with Crippen molar-refractivity contribution in [1.82, 2.24) is 30.7 Å². The second-order valence-corrected chi connectivity index (χ2v) is 5.66. The molecule has 3 rings (SSSR count). The summed E-state index contributed by atoms with van der Waals surface area (Å²) in [5.74, 6) is 2.01. The van der Waals surface area contributed by atoms with Crippen molar-refractivity contribution < 1.29 is 4.74 Å². The Morgan fingerprint density at radius 2 is 2.10 bits per heavy atom. The van der Waals surface area contributed by atoms with Crippen molar-refractivity contribution in [2.75, 3.05) is 13.2 Å². The lowest BCUT2D eigenvalue weighted by atomic mass is 10.0. The van der Waals surface area contributed by atoms with Crippen LogP contribution in [0.25, 0.3) is 0 Å². The van der Waals surface area contributed by atoms with Gasteiger partial charge in [0.25, 0.3) is 0 Å². The summed E-state index contributed by atoms with van der Waals surface area (Å²) in [6.45, 7) is 8.47. The van der Waals surface area contributed by atoms with Crippen LogP contribution in [0.1, 0.15) is 41.1 Å². The number of H-pyrrole nitrogens is 2. The normalized spacial score (nSPS) is 22.0. The van der Waals surface area contributed by atoms with Gasteiger partial charge in [0.05, 0.1) is 5.69 Å². The molecular formula is C14H22N6O. The zero-order chi connectivity index (χ0) is 14.8. The van der Waals surface area contributed by atoms with Gasteiger partial charge in [0.1, 0.15) is 11.9 Å². The highest BCUT2D eigenvalue weighted by atomic mass is 16.5. The summed E-state index contributed by atoms with van der Waals surface area (Å²) in [4.78, 5) is 4.39.